The molecule has 2 N–H and O–H groups in total. The van der Waals surface area contributed by atoms with Crippen molar-refractivity contribution < 1.29 is 4.74 Å². The first kappa shape index (κ1) is 12.8. The number of hydrogen-bond acceptors (Lipinski definition) is 3. The Labute approximate surface area is 122 Å². The zero-order valence-electron chi connectivity index (χ0n) is 10.9. The largest absolute Gasteiger partial charge is 0.456 e. The molecule has 100 valence electrons. The number of pyridine rings is 1. The van der Waals surface area contributed by atoms with Gasteiger partial charge in [-0.15, -0.1) is 0 Å². The van der Waals surface area contributed by atoms with Crippen LogP contribution < -0.4 is 10.5 Å². The minimum absolute atomic E-state index is 0.655. The summed E-state index contributed by atoms with van der Waals surface area (Å²) in [7, 11) is 0. The summed E-state index contributed by atoms with van der Waals surface area (Å²) < 4.78 is 5.98. The number of nitrogen functional groups attached to an aromatic ring is 1. The van der Waals surface area contributed by atoms with Gasteiger partial charge in [-0.2, -0.15) is 0 Å². The SMILES string of the molecule is Cc1c(N)cccc1Oc1ccnc2cc(Cl)ccc12. The van der Waals surface area contributed by atoms with Crippen LogP contribution in [0, 0.1) is 6.92 Å². The average molecular weight is 285 g/mol. The van der Waals surface area contributed by atoms with Gasteiger partial charge in [0.2, 0.25) is 0 Å². The molecule has 0 saturated carbocycles. The van der Waals surface area contributed by atoms with E-state index < -0.39 is 0 Å². The Hall–Kier alpha value is -2.26. The van der Waals surface area contributed by atoms with Crippen LogP contribution in [0.2, 0.25) is 5.02 Å². The summed E-state index contributed by atoms with van der Waals surface area (Å²) in [6.45, 7) is 1.94. The van der Waals surface area contributed by atoms with Crippen molar-refractivity contribution in [3.63, 3.8) is 0 Å². The van der Waals surface area contributed by atoms with E-state index in [-0.39, 0.29) is 0 Å². The molecule has 0 spiro atoms. The summed E-state index contributed by atoms with van der Waals surface area (Å²) in [5.41, 5.74) is 8.33. The number of ether oxygens (including phenoxy) is 1. The van der Waals surface area contributed by atoms with E-state index in [1.54, 1.807) is 6.20 Å². The van der Waals surface area contributed by atoms with Crippen molar-refractivity contribution in [2.24, 2.45) is 0 Å². The molecule has 1 heterocycles. The highest BCUT2D eigenvalue weighted by Crippen LogP contribution is 2.33. The van der Waals surface area contributed by atoms with Gasteiger partial charge in [-0.1, -0.05) is 17.7 Å². The zero-order chi connectivity index (χ0) is 14.1. The number of nitrogens with two attached hydrogens (primary N) is 1. The number of anilines is 1. The van der Waals surface area contributed by atoms with Crippen LogP contribution in [0.1, 0.15) is 5.56 Å². The van der Waals surface area contributed by atoms with Crippen LogP contribution in [0.3, 0.4) is 0 Å². The van der Waals surface area contributed by atoms with E-state index in [1.807, 2.05) is 49.4 Å². The first-order valence-corrected chi connectivity index (χ1v) is 6.60. The quantitative estimate of drug-likeness (QED) is 0.701. The van der Waals surface area contributed by atoms with Crippen molar-refractivity contribution in [2.45, 2.75) is 6.92 Å². The van der Waals surface area contributed by atoms with Crippen LogP contribution in [0.25, 0.3) is 10.9 Å². The predicted octanol–water partition coefficient (Wildman–Crippen LogP) is 4.57. The van der Waals surface area contributed by atoms with Gasteiger partial charge in [0.15, 0.2) is 0 Å². The minimum atomic E-state index is 0.655. The van der Waals surface area contributed by atoms with E-state index in [0.717, 1.165) is 28.0 Å². The Kier molecular flexibility index (Phi) is 3.20. The van der Waals surface area contributed by atoms with Crippen molar-refractivity contribution in [3.8, 4) is 11.5 Å². The van der Waals surface area contributed by atoms with Crippen molar-refractivity contribution in [1.29, 1.82) is 0 Å². The minimum Gasteiger partial charge on any atom is -0.456 e. The number of fused-ring (bicyclic) bond motifs is 1. The third-order valence-electron chi connectivity index (χ3n) is 3.21. The number of halogens is 1. The first-order chi connectivity index (χ1) is 9.65. The van der Waals surface area contributed by atoms with E-state index >= 15 is 0 Å². The zero-order valence-corrected chi connectivity index (χ0v) is 11.7. The molecule has 0 aliphatic heterocycles. The summed E-state index contributed by atoms with van der Waals surface area (Å²) in [5, 5.41) is 1.57. The number of benzene rings is 2. The summed E-state index contributed by atoms with van der Waals surface area (Å²) >= 11 is 5.98. The van der Waals surface area contributed by atoms with Gasteiger partial charge in [0.25, 0.3) is 0 Å². The lowest BCUT2D eigenvalue weighted by Crippen LogP contribution is -1.94. The van der Waals surface area contributed by atoms with Crippen molar-refractivity contribution in [1.82, 2.24) is 4.98 Å². The van der Waals surface area contributed by atoms with Gasteiger partial charge in [0, 0.05) is 27.9 Å². The molecule has 0 radical (unpaired) electrons. The molecule has 0 saturated heterocycles. The Balaban J connectivity index is 2.09. The monoisotopic (exact) mass is 284 g/mol. The molecule has 3 rings (SSSR count). The van der Waals surface area contributed by atoms with Crippen LogP contribution >= 0.6 is 11.6 Å². The second kappa shape index (κ2) is 5.02. The van der Waals surface area contributed by atoms with Crippen LogP contribution in [0.15, 0.2) is 48.7 Å². The Morgan fingerprint density at radius 2 is 1.95 bits per heavy atom. The van der Waals surface area contributed by atoms with Crippen molar-refractivity contribution in [2.75, 3.05) is 5.73 Å². The predicted molar refractivity (Wildman–Crippen MR) is 82.4 cm³/mol. The van der Waals surface area contributed by atoms with Gasteiger partial charge in [-0.25, -0.2) is 0 Å². The molecule has 4 heteroatoms. The maximum absolute atomic E-state index is 5.98. The number of aromatic nitrogens is 1. The topological polar surface area (TPSA) is 48.1 Å². The summed E-state index contributed by atoms with van der Waals surface area (Å²) in [6.07, 6.45) is 1.70. The Bertz CT molecular complexity index is 787. The third kappa shape index (κ3) is 2.28. The standard InChI is InChI=1S/C16H13ClN2O/c1-10-13(18)3-2-4-15(10)20-16-7-8-19-14-9-11(17)5-6-12(14)16/h2-9H,18H2,1H3. The molecule has 20 heavy (non-hydrogen) atoms. The number of nitrogens with zero attached hydrogens (tertiary/aromatic N) is 1. The van der Waals surface area contributed by atoms with E-state index in [9.17, 15) is 0 Å². The fourth-order valence-corrected chi connectivity index (χ4v) is 2.21. The van der Waals surface area contributed by atoms with Crippen molar-refractivity contribution in [3.05, 3.63) is 59.2 Å². The number of hydrogen-bond donors (Lipinski definition) is 1. The first-order valence-electron chi connectivity index (χ1n) is 6.22. The molecule has 3 nitrogen and oxygen atoms in total. The van der Waals surface area contributed by atoms with E-state index in [1.165, 1.54) is 0 Å². The lowest BCUT2D eigenvalue weighted by molar-refractivity contribution is 0.484. The molecule has 0 aliphatic carbocycles. The van der Waals surface area contributed by atoms with Crippen molar-refractivity contribution >= 4 is 28.2 Å². The fourth-order valence-electron chi connectivity index (χ4n) is 2.04. The summed E-state index contributed by atoms with van der Waals surface area (Å²) in [5.74, 6) is 1.48. The van der Waals surface area contributed by atoms with Crippen LogP contribution in [0.4, 0.5) is 5.69 Å². The Morgan fingerprint density at radius 3 is 2.80 bits per heavy atom. The highest BCUT2D eigenvalue weighted by Gasteiger charge is 2.08. The van der Waals surface area contributed by atoms with E-state index in [4.69, 9.17) is 22.1 Å². The molecule has 0 fully saturated rings. The number of rotatable bonds is 2. The molecule has 0 bridgehead atoms. The smallest absolute Gasteiger partial charge is 0.138 e. The van der Waals surface area contributed by atoms with E-state index in [0.29, 0.717) is 10.7 Å². The van der Waals surface area contributed by atoms with Gasteiger partial charge >= 0.3 is 0 Å². The second-order valence-corrected chi connectivity index (χ2v) is 4.98. The van der Waals surface area contributed by atoms with Gasteiger partial charge < -0.3 is 10.5 Å². The van der Waals surface area contributed by atoms with Gasteiger partial charge in [-0.05, 0) is 43.3 Å². The lowest BCUT2D eigenvalue weighted by Gasteiger charge is -2.12. The highest BCUT2D eigenvalue weighted by atomic mass is 35.5. The van der Waals surface area contributed by atoms with Crippen LogP contribution in [-0.2, 0) is 0 Å². The van der Waals surface area contributed by atoms with E-state index in [2.05, 4.69) is 4.98 Å². The van der Waals surface area contributed by atoms with Crippen LogP contribution in [-0.4, -0.2) is 4.98 Å². The second-order valence-electron chi connectivity index (χ2n) is 4.54. The highest BCUT2D eigenvalue weighted by molar-refractivity contribution is 6.31. The normalized spacial score (nSPS) is 10.7. The summed E-state index contributed by atoms with van der Waals surface area (Å²) in [4.78, 5) is 4.30. The molecular weight excluding hydrogens is 272 g/mol. The van der Waals surface area contributed by atoms with Gasteiger partial charge in [0.05, 0.1) is 5.52 Å². The molecule has 0 unspecified atom stereocenters. The molecule has 2 aromatic carbocycles. The Morgan fingerprint density at radius 1 is 1.10 bits per heavy atom. The molecule has 3 aromatic rings. The lowest BCUT2D eigenvalue weighted by atomic mass is 10.1. The molecule has 0 atom stereocenters. The molecule has 1 aromatic heterocycles. The fraction of sp³-hybridized carbons (Fsp3) is 0.0625. The average Bonchev–Trinajstić information content (AvgIpc) is 2.44. The molecule has 0 amide bonds. The van der Waals surface area contributed by atoms with Gasteiger partial charge in [0.1, 0.15) is 11.5 Å². The maximum Gasteiger partial charge on any atom is 0.138 e. The van der Waals surface area contributed by atoms with Crippen LogP contribution in [0.5, 0.6) is 11.5 Å². The summed E-state index contributed by atoms with van der Waals surface area (Å²) in [6, 6.07) is 13.0. The van der Waals surface area contributed by atoms with Gasteiger partial charge in [-0.3, -0.25) is 4.98 Å². The molecular formula is C16H13ClN2O. The maximum atomic E-state index is 5.98. The third-order valence-corrected chi connectivity index (χ3v) is 3.45. The molecule has 0 aliphatic rings.